The molecule has 0 saturated carbocycles. The highest BCUT2D eigenvalue weighted by Crippen LogP contribution is 2.42. The van der Waals surface area contributed by atoms with Crippen LogP contribution in [0.2, 0.25) is 0 Å². The van der Waals surface area contributed by atoms with Gasteiger partial charge in [0.15, 0.2) is 0 Å². The van der Waals surface area contributed by atoms with Gasteiger partial charge in [-0.15, -0.1) is 0 Å². The van der Waals surface area contributed by atoms with Crippen LogP contribution in [0.5, 0.6) is 0 Å². The van der Waals surface area contributed by atoms with Gasteiger partial charge in [-0.1, -0.05) is 0 Å². The molecule has 0 bridgehead atoms. The number of nitrogens with zero attached hydrogens (tertiary/aromatic N) is 3. The SMILES string of the molecule is Cn1cccc(C(=O)N2CCCC3(CCN(c4ccsc4)C3=O)C2)c1=O. The molecule has 6 nitrogen and oxygen atoms in total. The van der Waals surface area contributed by atoms with Gasteiger partial charge in [-0.2, -0.15) is 11.3 Å². The Labute approximate surface area is 155 Å². The first-order valence-corrected chi connectivity index (χ1v) is 9.75. The molecule has 2 aliphatic rings. The van der Waals surface area contributed by atoms with Gasteiger partial charge in [0.1, 0.15) is 5.56 Å². The highest BCUT2D eigenvalue weighted by Gasteiger charge is 2.50. The topological polar surface area (TPSA) is 62.6 Å². The summed E-state index contributed by atoms with van der Waals surface area (Å²) in [5, 5.41) is 3.95. The standard InChI is InChI=1S/C19H21N3O3S/c1-20-8-2-4-15(16(20)23)17(24)21-9-3-6-19(13-21)7-10-22(18(19)25)14-5-11-26-12-14/h2,4-5,8,11-12H,3,6-7,9-10,13H2,1H3. The van der Waals surface area contributed by atoms with Gasteiger partial charge in [-0.25, -0.2) is 0 Å². The maximum Gasteiger partial charge on any atom is 0.263 e. The van der Waals surface area contributed by atoms with Crippen LogP contribution in [0.25, 0.3) is 0 Å². The number of likely N-dealkylation sites (tertiary alicyclic amines) is 1. The second kappa shape index (κ2) is 6.39. The maximum atomic E-state index is 13.1. The van der Waals surface area contributed by atoms with E-state index >= 15 is 0 Å². The summed E-state index contributed by atoms with van der Waals surface area (Å²) in [6.07, 6.45) is 3.96. The third-order valence-corrected chi connectivity index (χ3v) is 6.22. The molecule has 4 heterocycles. The molecular formula is C19H21N3O3S. The number of aryl methyl sites for hydroxylation is 1. The van der Waals surface area contributed by atoms with Gasteiger partial charge in [0.25, 0.3) is 11.5 Å². The minimum Gasteiger partial charge on any atom is -0.337 e. The molecule has 1 unspecified atom stereocenters. The molecule has 2 aromatic rings. The fraction of sp³-hybridized carbons (Fsp3) is 0.421. The van der Waals surface area contributed by atoms with E-state index in [0.29, 0.717) is 19.6 Å². The first-order chi connectivity index (χ1) is 12.5. The molecule has 1 atom stereocenters. The maximum absolute atomic E-state index is 13.1. The van der Waals surface area contributed by atoms with Crippen molar-refractivity contribution in [3.63, 3.8) is 0 Å². The Balaban J connectivity index is 1.58. The Morgan fingerprint density at radius 2 is 2.04 bits per heavy atom. The molecule has 2 amide bonds. The zero-order valence-corrected chi connectivity index (χ0v) is 15.5. The fourth-order valence-electron chi connectivity index (χ4n) is 4.09. The van der Waals surface area contributed by atoms with E-state index in [1.54, 1.807) is 41.6 Å². The summed E-state index contributed by atoms with van der Waals surface area (Å²) in [7, 11) is 1.63. The Morgan fingerprint density at radius 3 is 2.81 bits per heavy atom. The van der Waals surface area contributed by atoms with Gasteiger partial charge >= 0.3 is 0 Å². The van der Waals surface area contributed by atoms with Crippen LogP contribution in [0.3, 0.4) is 0 Å². The lowest BCUT2D eigenvalue weighted by atomic mass is 9.78. The molecule has 1 spiro atoms. The number of hydrogen-bond acceptors (Lipinski definition) is 4. The van der Waals surface area contributed by atoms with Gasteiger partial charge in [-0.3, -0.25) is 14.4 Å². The second-order valence-corrected chi connectivity index (χ2v) is 7.92. The predicted molar refractivity (Wildman–Crippen MR) is 101 cm³/mol. The largest absolute Gasteiger partial charge is 0.337 e. The van der Waals surface area contributed by atoms with E-state index in [-0.39, 0.29) is 22.9 Å². The van der Waals surface area contributed by atoms with Gasteiger partial charge in [-0.05, 0) is 42.8 Å². The summed E-state index contributed by atoms with van der Waals surface area (Å²) in [5.41, 5.74) is 0.301. The van der Waals surface area contributed by atoms with Crippen LogP contribution in [-0.4, -0.2) is 40.9 Å². The van der Waals surface area contributed by atoms with Crippen LogP contribution >= 0.6 is 11.3 Å². The van der Waals surface area contributed by atoms with Gasteiger partial charge in [0.05, 0.1) is 11.1 Å². The third-order valence-electron chi connectivity index (χ3n) is 5.55. The van der Waals surface area contributed by atoms with Crippen molar-refractivity contribution in [2.24, 2.45) is 12.5 Å². The summed E-state index contributed by atoms with van der Waals surface area (Å²) >= 11 is 1.57. The molecular weight excluding hydrogens is 350 g/mol. The fourth-order valence-corrected chi connectivity index (χ4v) is 4.73. The van der Waals surface area contributed by atoms with Crippen molar-refractivity contribution in [1.82, 2.24) is 9.47 Å². The number of anilines is 1. The average Bonchev–Trinajstić information content (AvgIpc) is 3.27. The predicted octanol–water partition coefficient (Wildman–Crippen LogP) is 2.11. The molecule has 26 heavy (non-hydrogen) atoms. The van der Waals surface area contributed by atoms with Crippen LogP contribution in [0.4, 0.5) is 5.69 Å². The molecule has 4 rings (SSSR count). The molecule has 0 aromatic carbocycles. The number of carbonyl (C=O) groups excluding carboxylic acids is 2. The Hall–Kier alpha value is -2.41. The lowest BCUT2D eigenvalue weighted by Gasteiger charge is -2.39. The molecule has 2 saturated heterocycles. The van der Waals surface area contributed by atoms with E-state index in [9.17, 15) is 14.4 Å². The van der Waals surface area contributed by atoms with E-state index < -0.39 is 5.41 Å². The van der Waals surface area contributed by atoms with Crippen LogP contribution < -0.4 is 10.5 Å². The van der Waals surface area contributed by atoms with E-state index in [1.807, 2.05) is 21.7 Å². The molecule has 136 valence electrons. The van der Waals surface area contributed by atoms with Crippen LogP contribution in [0.1, 0.15) is 29.6 Å². The van der Waals surface area contributed by atoms with Crippen molar-refractivity contribution in [2.75, 3.05) is 24.5 Å². The summed E-state index contributed by atoms with van der Waals surface area (Å²) in [5.74, 6) is -0.165. The number of rotatable bonds is 2. The quantitative estimate of drug-likeness (QED) is 0.812. The number of piperidine rings is 1. The van der Waals surface area contributed by atoms with Gasteiger partial charge < -0.3 is 14.4 Å². The molecule has 0 N–H and O–H groups in total. The first-order valence-electron chi connectivity index (χ1n) is 8.81. The molecule has 2 fully saturated rings. The number of amides is 2. The Kier molecular flexibility index (Phi) is 4.19. The van der Waals surface area contributed by atoms with Crippen LogP contribution in [0, 0.1) is 5.41 Å². The second-order valence-electron chi connectivity index (χ2n) is 7.14. The summed E-state index contributed by atoms with van der Waals surface area (Å²) in [6.45, 7) is 1.67. The van der Waals surface area contributed by atoms with Crippen molar-refractivity contribution in [3.8, 4) is 0 Å². The van der Waals surface area contributed by atoms with Crippen molar-refractivity contribution in [1.29, 1.82) is 0 Å². The monoisotopic (exact) mass is 371 g/mol. The smallest absolute Gasteiger partial charge is 0.263 e. The highest BCUT2D eigenvalue weighted by atomic mass is 32.1. The van der Waals surface area contributed by atoms with Crippen LogP contribution in [-0.2, 0) is 11.8 Å². The third kappa shape index (κ3) is 2.67. The molecule has 0 aliphatic carbocycles. The summed E-state index contributed by atoms with van der Waals surface area (Å²) < 4.78 is 1.41. The normalized spacial score (nSPS) is 23.0. The van der Waals surface area contributed by atoms with Gasteiger partial charge in [0, 0.05) is 38.3 Å². The Morgan fingerprint density at radius 1 is 1.19 bits per heavy atom. The average molecular weight is 371 g/mol. The molecule has 2 aliphatic heterocycles. The lowest BCUT2D eigenvalue weighted by molar-refractivity contribution is -0.127. The minimum atomic E-state index is -0.518. The van der Waals surface area contributed by atoms with Crippen molar-refractivity contribution in [3.05, 3.63) is 51.1 Å². The first kappa shape index (κ1) is 17.0. The number of pyridine rings is 1. The number of thiophene rings is 1. The minimum absolute atomic E-state index is 0.106. The van der Waals surface area contributed by atoms with Crippen molar-refractivity contribution in [2.45, 2.75) is 19.3 Å². The zero-order chi connectivity index (χ0) is 18.3. The van der Waals surface area contributed by atoms with Gasteiger partial charge in [0.2, 0.25) is 5.91 Å². The molecule has 7 heteroatoms. The molecule has 2 aromatic heterocycles. The van der Waals surface area contributed by atoms with E-state index in [4.69, 9.17) is 0 Å². The van der Waals surface area contributed by atoms with E-state index in [0.717, 1.165) is 24.9 Å². The summed E-state index contributed by atoms with van der Waals surface area (Å²) in [4.78, 5) is 41.9. The number of hydrogen-bond donors (Lipinski definition) is 0. The summed E-state index contributed by atoms with van der Waals surface area (Å²) in [6, 6.07) is 5.23. The van der Waals surface area contributed by atoms with Crippen molar-refractivity contribution >= 4 is 28.8 Å². The molecule has 0 radical (unpaired) electrons. The number of carbonyl (C=O) groups is 2. The van der Waals surface area contributed by atoms with Crippen molar-refractivity contribution < 1.29 is 9.59 Å². The zero-order valence-electron chi connectivity index (χ0n) is 14.7. The van der Waals surface area contributed by atoms with E-state index in [2.05, 4.69) is 0 Å². The number of aromatic nitrogens is 1. The lowest BCUT2D eigenvalue weighted by Crippen LogP contribution is -2.50. The highest BCUT2D eigenvalue weighted by molar-refractivity contribution is 7.08. The van der Waals surface area contributed by atoms with E-state index in [1.165, 1.54) is 4.57 Å². The van der Waals surface area contributed by atoms with Crippen LogP contribution in [0.15, 0.2) is 40.0 Å². The Bertz CT molecular complexity index is 905.